The molecule has 1 radical (unpaired) electrons. The van der Waals surface area contributed by atoms with Crippen molar-refractivity contribution in [2.45, 2.75) is 112 Å². The number of aryl methyl sites for hydroxylation is 1. The molecule has 0 saturated heterocycles. The van der Waals surface area contributed by atoms with Crippen LogP contribution in [-0.2, 0) is 42.2 Å². The molecule has 2 aromatic carbocycles. The minimum atomic E-state index is 0. The minimum absolute atomic E-state index is 0. The van der Waals surface area contributed by atoms with E-state index in [-0.39, 0.29) is 54.3 Å². The SMILES string of the molecule is CC(C)(C)c1cc(-c2cc3c(cn2)C(C)(C)CC3)[c-]c2ccccc12.CCC(CC)C(=O)/C=C(\O)C(CC)CC.[Ir]. The Hall–Kier alpha value is -2.29. The summed E-state index contributed by atoms with van der Waals surface area (Å²) in [5, 5.41) is 12.2. The first kappa shape index (κ1) is 34.9. The fourth-order valence-electron chi connectivity index (χ4n) is 5.81. The number of rotatable bonds is 8. The standard InChI is InChI=1S/C24H26N.C13H24O2.Ir/c1-23(2,3)20-13-18(12-16-8-6-7-9-19(16)20)22-14-17-10-11-24(4,5)21(17)15-25-22;1-5-10(6-2)12(14)9-13(15)11(7-3)8-4;/h6-9,13-15H,10-11H2,1-5H3;9-11,14H,5-8H2,1-4H3;/q-1;;/b;12-9-;. The van der Waals surface area contributed by atoms with Crippen molar-refractivity contribution < 1.29 is 30.0 Å². The number of hydrogen-bond donors (Lipinski definition) is 1. The summed E-state index contributed by atoms with van der Waals surface area (Å²) in [4.78, 5) is 16.5. The Morgan fingerprint density at radius 3 is 2.22 bits per heavy atom. The van der Waals surface area contributed by atoms with Gasteiger partial charge in [-0.3, -0.25) is 9.78 Å². The second-order valence-corrected chi connectivity index (χ2v) is 13.0. The van der Waals surface area contributed by atoms with E-state index in [2.05, 4.69) is 83.3 Å². The number of ketones is 1. The molecule has 0 atom stereocenters. The molecule has 1 aromatic heterocycles. The number of allylic oxidation sites excluding steroid dienone is 2. The minimum Gasteiger partial charge on any atom is -0.512 e. The summed E-state index contributed by atoms with van der Waals surface area (Å²) in [5.74, 6) is 0.547. The van der Waals surface area contributed by atoms with Gasteiger partial charge in [0.1, 0.15) is 0 Å². The van der Waals surface area contributed by atoms with Gasteiger partial charge >= 0.3 is 0 Å². The molecule has 3 aromatic rings. The van der Waals surface area contributed by atoms with Crippen LogP contribution in [0.25, 0.3) is 22.0 Å². The molecule has 0 bridgehead atoms. The van der Waals surface area contributed by atoms with Crippen LogP contribution in [0.5, 0.6) is 0 Å². The quantitative estimate of drug-likeness (QED) is 0.143. The fourth-order valence-corrected chi connectivity index (χ4v) is 5.81. The fraction of sp³-hybridized carbons (Fsp3) is 0.514. The largest absolute Gasteiger partial charge is 0.512 e. The first-order chi connectivity index (χ1) is 18.9. The number of aliphatic hydroxyl groups excluding tert-OH is 1. The third kappa shape index (κ3) is 8.39. The number of hydrogen-bond acceptors (Lipinski definition) is 3. The molecular formula is C37H50IrNO2-. The molecule has 1 heterocycles. The molecule has 0 unspecified atom stereocenters. The third-order valence-electron chi connectivity index (χ3n) is 8.68. The Morgan fingerprint density at radius 2 is 1.63 bits per heavy atom. The molecule has 1 N–H and O–H groups in total. The average Bonchev–Trinajstić information content (AvgIpc) is 3.23. The Balaban J connectivity index is 0.000000320. The molecule has 41 heavy (non-hydrogen) atoms. The van der Waals surface area contributed by atoms with Gasteiger partial charge in [0, 0.05) is 49.9 Å². The second-order valence-electron chi connectivity index (χ2n) is 13.0. The molecule has 0 fully saturated rings. The number of aromatic nitrogens is 1. The van der Waals surface area contributed by atoms with Gasteiger partial charge < -0.3 is 5.11 Å². The molecule has 1 aliphatic carbocycles. The van der Waals surface area contributed by atoms with Crippen molar-refractivity contribution in [3.63, 3.8) is 0 Å². The van der Waals surface area contributed by atoms with Crippen LogP contribution in [0.4, 0.5) is 0 Å². The second kappa shape index (κ2) is 14.7. The molecule has 225 valence electrons. The molecular weight excluding hydrogens is 683 g/mol. The van der Waals surface area contributed by atoms with Crippen molar-refractivity contribution in [1.29, 1.82) is 0 Å². The predicted molar refractivity (Wildman–Crippen MR) is 170 cm³/mol. The number of fused-ring (bicyclic) bond motifs is 2. The van der Waals surface area contributed by atoms with Crippen molar-refractivity contribution in [2.24, 2.45) is 11.8 Å². The zero-order chi connectivity index (χ0) is 29.7. The van der Waals surface area contributed by atoms with Crippen molar-refractivity contribution in [3.8, 4) is 11.3 Å². The van der Waals surface area contributed by atoms with E-state index in [1.54, 1.807) is 0 Å². The average molecular weight is 733 g/mol. The van der Waals surface area contributed by atoms with Gasteiger partial charge in [-0.15, -0.1) is 29.1 Å². The van der Waals surface area contributed by atoms with Crippen LogP contribution in [0, 0.1) is 17.9 Å². The van der Waals surface area contributed by atoms with Crippen molar-refractivity contribution in [1.82, 2.24) is 4.98 Å². The summed E-state index contributed by atoms with van der Waals surface area (Å²) in [5.41, 5.74) is 6.72. The first-order valence-corrected chi connectivity index (χ1v) is 15.3. The maximum absolute atomic E-state index is 11.7. The summed E-state index contributed by atoms with van der Waals surface area (Å²) in [6.07, 6.45) is 9.36. The number of benzene rings is 2. The molecule has 0 aliphatic heterocycles. The topological polar surface area (TPSA) is 50.2 Å². The van der Waals surface area contributed by atoms with Gasteiger partial charge in [-0.2, -0.15) is 0 Å². The van der Waals surface area contributed by atoms with E-state index in [1.807, 2.05) is 27.7 Å². The Bertz CT molecular complexity index is 1340. The van der Waals surface area contributed by atoms with E-state index in [4.69, 9.17) is 4.98 Å². The molecule has 3 nitrogen and oxygen atoms in total. The zero-order valence-electron chi connectivity index (χ0n) is 26.7. The maximum Gasteiger partial charge on any atom is 0.162 e. The molecule has 4 heteroatoms. The molecule has 1 aliphatic rings. The van der Waals surface area contributed by atoms with Crippen molar-refractivity contribution >= 4 is 16.6 Å². The number of aliphatic hydroxyl groups is 1. The summed E-state index contributed by atoms with van der Waals surface area (Å²) >= 11 is 0. The van der Waals surface area contributed by atoms with Gasteiger partial charge in [-0.05, 0) is 60.5 Å². The van der Waals surface area contributed by atoms with Crippen LogP contribution < -0.4 is 0 Å². The Kier molecular flexibility index (Phi) is 12.6. The molecule has 4 rings (SSSR count). The molecule has 0 saturated carbocycles. The number of carbonyl (C=O) groups is 1. The Labute approximate surface area is 262 Å². The number of pyridine rings is 1. The van der Waals surface area contributed by atoms with Crippen LogP contribution in [0.3, 0.4) is 0 Å². The Morgan fingerprint density at radius 1 is 1.02 bits per heavy atom. The predicted octanol–water partition coefficient (Wildman–Crippen LogP) is 10.1. The van der Waals surface area contributed by atoms with Gasteiger partial charge in [0.15, 0.2) is 5.78 Å². The van der Waals surface area contributed by atoms with Crippen LogP contribution >= 0.6 is 0 Å². The van der Waals surface area contributed by atoms with Crippen LogP contribution in [0.1, 0.15) is 111 Å². The summed E-state index contributed by atoms with van der Waals surface area (Å²) < 4.78 is 0. The van der Waals surface area contributed by atoms with E-state index in [9.17, 15) is 9.90 Å². The summed E-state index contributed by atoms with van der Waals surface area (Å²) in [6, 6.07) is 16.7. The normalized spacial score (nSPS) is 14.5. The van der Waals surface area contributed by atoms with Gasteiger partial charge in [-0.25, -0.2) is 0 Å². The van der Waals surface area contributed by atoms with Crippen LogP contribution in [-0.4, -0.2) is 15.9 Å². The van der Waals surface area contributed by atoms with Crippen LogP contribution in [0.2, 0.25) is 0 Å². The van der Waals surface area contributed by atoms with Gasteiger partial charge in [0.2, 0.25) is 0 Å². The van der Waals surface area contributed by atoms with Crippen LogP contribution in [0.15, 0.2) is 54.4 Å². The van der Waals surface area contributed by atoms with Gasteiger partial charge in [0.05, 0.1) is 5.76 Å². The number of nitrogens with zero attached hydrogens (tertiary/aromatic N) is 1. The summed E-state index contributed by atoms with van der Waals surface area (Å²) in [7, 11) is 0. The van der Waals surface area contributed by atoms with E-state index in [1.165, 1.54) is 40.0 Å². The molecule has 0 spiro atoms. The number of carbonyl (C=O) groups excluding carboxylic acids is 1. The van der Waals surface area contributed by atoms with E-state index in [0.29, 0.717) is 0 Å². The van der Waals surface area contributed by atoms with Crippen molar-refractivity contribution in [2.75, 3.05) is 0 Å². The maximum atomic E-state index is 11.7. The smallest absolute Gasteiger partial charge is 0.162 e. The van der Waals surface area contributed by atoms with E-state index < -0.39 is 0 Å². The van der Waals surface area contributed by atoms with Gasteiger partial charge in [-0.1, -0.05) is 97.5 Å². The monoisotopic (exact) mass is 733 g/mol. The van der Waals surface area contributed by atoms with E-state index >= 15 is 0 Å². The third-order valence-corrected chi connectivity index (χ3v) is 8.68. The molecule has 0 amide bonds. The summed E-state index contributed by atoms with van der Waals surface area (Å²) in [6.45, 7) is 19.5. The zero-order valence-corrected chi connectivity index (χ0v) is 29.0. The van der Waals surface area contributed by atoms with Gasteiger partial charge in [0.25, 0.3) is 0 Å². The van der Waals surface area contributed by atoms with E-state index in [0.717, 1.165) is 43.4 Å². The first-order valence-electron chi connectivity index (χ1n) is 15.3. The van der Waals surface area contributed by atoms with Crippen molar-refractivity contribution in [3.05, 3.63) is 77.2 Å².